The van der Waals surface area contributed by atoms with Crippen molar-refractivity contribution < 1.29 is 4.74 Å². The number of hydrogen-bond donors (Lipinski definition) is 1. The smallest absolute Gasteiger partial charge is 0.109 e. The summed E-state index contributed by atoms with van der Waals surface area (Å²) in [7, 11) is 0. The highest BCUT2D eigenvalue weighted by Gasteiger charge is 2.15. The Labute approximate surface area is 111 Å². The number of thioether (sulfide) groups is 1. The van der Waals surface area contributed by atoms with Crippen LogP contribution in [0.5, 0.6) is 0 Å². The number of ether oxygens (including phenoxy) is 1. The van der Waals surface area contributed by atoms with Crippen molar-refractivity contribution in [2.24, 2.45) is 0 Å². The van der Waals surface area contributed by atoms with Crippen molar-refractivity contribution >= 4 is 11.8 Å². The van der Waals surface area contributed by atoms with Gasteiger partial charge in [-0.1, -0.05) is 6.42 Å². The SMILES string of the molecule is CCOC(CNCCCCCSC)=C1CCC1. The van der Waals surface area contributed by atoms with E-state index >= 15 is 0 Å². The maximum atomic E-state index is 5.70. The fourth-order valence-corrected chi connectivity index (χ4v) is 2.45. The fraction of sp³-hybridized carbons (Fsp3) is 0.857. The van der Waals surface area contributed by atoms with Gasteiger partial charge in [0.1, 0.15) is 5.76 Å². The molecule has 0 aromatic heterocycles. The van der Waals surface area contributed by atoms with E-state index in [1.54, 1.807) is 5.57 Å². The van der Waals surface area contributed by atoms with Crippen molar-refractivity contribution in [3.05, 3.63) is 11.3 Å². The van der Waals surface area contributed by atoms with Gasteiger partial charge in [0.2, 0.25) is 0 Å². The van der Waals surface area contributed by atoms with Gasteiger partial charge in [-0.15, -0.1) is 0 Å². The molecule has 100 valence electrons. The summed E-state index contributed by atoms with van der Waals surface area (Å²) < 4.78 is 5.70. The molecular weight excluding hydrogens is 230 g/mol. The van der Waals surface area contributed by atoms with E-state index in [0.29, 0.717) is 0 Å². The molecule has 0 amide bonds. The summed E-state index contributed by atoms with van der Waals surface area (Å²) in [5, 5.41) is 3.51. The fourth-order valence-electron chi connectivity index (χ4n) is 1.96. The van der Waals surface area contributed by atoms with Gasteiger partial charge >= 0.3 is 0 Å². The van der Waals surface area contributed by atoms with Crippen LogP contribution in [0.25, 0.3) is 0 Å². The lowest BCUT2D eigenvalue weighted by Gasteiger charge is -2.22. The molecule has 1 N–H and O–H groups in total. The Hall–Kier alpha value is -0.150. The Bertz CT molecular complexity index is 222. The minimum absolute atomic E-state index is 0.800. The van der Waals surface area contributed by atoms with Gasteiger partial charge in [0.15, 0.2) is 0 Å². The predicted octanol–water partition coefficient (Wildman–Crippen LogP) is 3.58. The zero-order valence-electron chi connectivity index (χ0n) is 11.4. The van der Waals surface area contributed by atoms with Gasteiger partial charge in [-0.05, 0) is 63.2 Å². The van der Waals surface area contributed by atoms with Gasteiger partial charge < -0.3 is 10.1 Å². The number of unbranched alkanes of at least 4 members (excludes halogenated alkanes) is 2. The second-order valence-corrected chi connectivity index (χ2v) is 5.53. The molecule has 1 aliphatic carbocycles. The average Bonchev–Trinajstić information content (AvgIpc) is 2.25. The van der Waals surface area contributed by atoms with Crippen molar-refractivity contribution in [2.45, 2.75) is 45.4 Å². The minimum Gasteiger partial charge on any atom is -0.497 e. The first-order chi connectivity index (χ1) is 8.38. The van der Waals surface area contributed by atoms with Crippen LogP contribution in [-0.2, 0) is 4.74 Å². The highest BCUT2D eigenvalue weighted by atomic mass is 32.2. The largest absolute Gasteiger partial charge is 0.497 e. The highest BCUT2D eigenvalue weighted by Crippen LogP contribution is 2.28. The van der Waals surface area contributed by atoms with Gasteiger partial charge in [-0.25, -0.2) is 0 Å². The van der Waals surface area contributed by atoms with Gasteiger partial charge in [0.25, 0.3) is 0 Å². The van der Waals surface area contributed by atoms with Crippen LogP contribution in [0.3, 0.4) is 0 Å². The average molecular weight is 257 g/mol. The normalized spacial score (nSPS) is 14.6. The van der Waals surface area contributed by atoms with Crippen LogP contribution in [0.15, 0.2) is 11.3 Å². The Morgan fingerprint density at radius 2 is 2.12 bits per heavy atom. The van der Waals surface area contributed by atoms with E-state index in [4.69, 9.17) is 4.74 Å². The third-order valence-electron chi connectivity index (χ3n) is 3.16. The van der Waals surface area contributed by atoms with E-state index < -0.39 is 0 Å². The topological polar surface area (TPSA) is 21.3 Å². The first-order valence-electron chi connectivity index (χ1n) is 6.91. The lowest BCUT2D eigenvalue weighted by molar-refractivity contribution is 0.211. The Balaban J connectivity index is 2.03. The van der Waals surface area contributed by atoms with Crippen molar-refractivity contribution in [2.75, 3.05) is 31.7 Å². The molecule has 1 saturated carbocycles. The zero-order valence-corrected chi connectivity index (χ0v) is 12.2. The molecule has 1 fully saturated rings. The van der Waals surface area contributed by atoms with Gasteiger partial charge in [0, 0.05) is 0 Å². The van der Waals surface area contributed by atoms with Crippen molar-refractivity contribution in [3.63, 3.8) is 0 Å². The third kappa shape index (κ3) is 6.37. The van der Waals surface area contributed by atoms with Gasteiger partial charge in [0.05, 0.1) is 13.2 Å². The Morgan fingerprint density at radius 3 is 2.71 bits per heavy atom. The summed E-state index contributed by atoms with van der Waals surface area (Å²) in [6.45, 7) is 4.93. The summed E-state index contributed by atoms with van der Waals surface area (Å²) in [4.78, 5) is 0. The molecule has 0 atom stereocenters. The van der Waals surface area contributed by atoms with Crippen molar-refractivity contribution in [1.82, 2.24) is 5.32 Å². The minimum atomic E-state index is 0.800. The van der Waals surface area contributed by atoms with E-state index in [1.807, 2.05) is 11.8 Å². The Morgan fingerprint density at radius 1 is 1.29 bits per heavy atom. The molecule has 0 aliphatic heterocycles. The molecule has 17 heavy (non-hydrogen) atoms. The molecule has 1 aliphatic rings. The summed E-state index contributed by atoms with van der Waals surface area (Å²) in [5.41, 5.74) is 1.54. The predicted molar refractivity (Wildman–Crippen MR) is 77.6 cm³/mol. The molecule has 1 rings (SSSR count). The molecule has 0 saturated heterocycles. The lowest BCUT2D eigenvalue weighted by Crippen LogP contribution is -2.22. The summed E-state index contributed by atoms with van der Waals surface area (Å²) >= 11 is 1.94. The van der Waals surface area contributed by atoms with E-state index in [0.717, 1.165) is 19.7 Å². The monoisotopic (exact) mass is 257 g/mol. The quantitative estimate of drug-likeness (QED) is 0.477. The van der Waals surface area contributed by atoms with Gasteiger partial charge in [-0.2, -0.15) is 11.8 Å². The van der Waals surface area contributed by atoms with Gasteiger partial charge in [-0.3, -0.25) is 0 Å². The zero-order chi connectivity index (χ0) is 12.3. The molecule has 0 unspecified atom stereocenters. The highest BCUT2D eigenvalue weighted by molar-refractivity contribution is 7.98. The molecule has 0 aromatic rings. The van der Waals surface area contributed by atoms with Crippen LogP contribution in [-0.4, -0.2) is 31.7 Å². The molecule has 0 spiro atoms. The van der Waals surface area contributed by atoms with Crippen LogP contribution in [0.2, 0.25) is 0 Å². The summed E-state index contributed by atoms with van der Waals surface area (Å²) in [6, 6.07) is 0. The number of allylic oxidation sites excluding steroid dienone is 1. The van der Waals surface area contributed by atoms with E-state index in [9.17, 15) is 0 Å². The van der Waals surface area contributed by atoms with E-state index in [2.05, 4.69) is 18.5 Å². The molecule has 2 nitrogen and oxygen atoms in total. The summed E-state index contributed by atoms with van der Waals surface area (Å²) in [5.74, 6) is 2.52. The van der Waals surface area contributed by atoms with E-state index in [1.165, 1.54) is 50.0 Å². The number of rotatable bonds is 10. The first-order valence-corrected chi connectivity index (χ1v) is 8.31. The van der Waals surface area contributed by atoms with Crippen LogP contribution in [0.1, 0.15) is 45.4 Å². The van der Waals surface area contributed by atoms with Crippen molar-refractivity contribution in [1.29, 1.82) is 0 Å². The maximum absolute atomic E-state index is 5.70. The molecule has 0 heterocycles. The van der Waals surface area contributed by atoms with Crippen molar-refractivity contribution in [3.8, 4) is 0 Å². The first kappa shape index (κ1) is 14.9. The number of nitrogens with one attached hydrogen (secondary N) is 1. The van der Waals surface area contributed by atoms with Crippen LogP contribution in [0.4, 0.5) is 0 Å². The number of hydrogen-bond acceptors (Lipinski definition) is 3. The van der Waals surface area contributed by atoms with Crippen LogP contribution < -0.4 is 5.32 Å². The molecular formula is C14H27NOS. The maximum Gasteiger partial charge on any atom is 0.109 e. The molecule has 0 radical (unpaired) electrons. The van der Waals surface area contributed by atoms with Crippen LogP contribution in [0, 0.1) is 0 Å². The van der Waals surface area contributed by atoms with Crippen LogP contribution >= 0.6 is 11.8 Å². The molecule has 0 bridgehead atoms. The van der Waals surface area contributed by atoms with E-state index in [-0.39, 0.29) is 0 Å². The molecule has 0 aromatic carbocycles. The molecule has 3 heteroatoms. The summed E-state index contributed by atoms with van der Waals surface area (Å²) in [6.07, 6.45) is 10.0. The Kier molecular flexibility index (Phi) is 8.63. The second-order valence-electron chi connectivity index (χ2n) is 4.54. The third-order valence-corrected chi connectivity index (χ3v) is 3.85. The lowest BCUT2D eigenvalue weighted by atomic mass is 9.91. The second kappa shape index (κ2) is 9.84. The standard InChI is InChI=1S/C14H27NOS/c1-3-16-14(13-8-7-9-13)12-15-10-5-4-6-11-17-2/h15H,3-12H2,1-2H3.